The molecule has 38 heavy (non-hydrogen) atoms. The highest BCUT2D eigenvalue weighted by Crippen LogP contribution is 2.19. The zero-order valence-electron chi connectivity index (χ0n) is 21.8. The van der Waals surface area contributed by atoms with Crippen molar-refractivity contribution in [1.29, 1.82) is 0 Å². The topological polar surface area (TPSA) is 99.1 Å². The van der Waals surface area contributed by atoms with Crippen LogP contribution in [0.4, 0.5) is 8.78 Å². The Bertz CT molecular complexity index is 1080. The van der Waals surface area contributed by atoms with Crippen molar-refractivity contribution in [3.8, 4) is 0 Å². The second-order valence-corrected chi connectivity index (χ2v) is 10.8. The molecule has 10 heteroatoms. The zero-order chi connectivity index (χ0) is 28.4. The van der Waals surface area contributed by atoms with Crippen LogP contribution in [0, 0.1) is 11.6 Å². The lowest BCUT2D eigenvalue weighted by atomic mass is 10.1. The summed E-state index contributed by atoms with van der Waals surface area (Å²) >= 11 is 3.01. The van der Waals surface area contributed by atoms with E-state index in [-0.39, 0.29) is 18.6 Å². The highest BCUT2D eigenvalue weighted by Gasteiger charge is 2.20. The second kappa shape index (κ2) is 15.5. The fourth-order valence-electron chi connectivity index (χ4n) is 2.62. The van der Waals surface area contributed by atoms with Crippen molar-refractivity contribution in [2.75, 3.05) is 13.2 Å². The maximum absolute atomic E-state index is 13.3. The van der Waals surface area contributed by atoms with Gasteiger partial charge in [-0.3, -0.25) is 0 Å². The number of carboxylic acid groups (broad SMARTS) is 1. The number of aromatic carboxylic acids is 1. The van der Waals surface area contributed by atoms with E-state index in [1.165, 1.54) is 31.0 Å². The van der Waals surface area contributed by atoms with Crippen molar-refractivity contribution >= 4 is 33.8 Å². The lowest BCUT2D eigenvalue weighted by Crippen LogP contribution is -2.24. The molecule has 1 aliphatic rings. The number of halogens is 3. The van der Waals surface area contributed by atoms with E-state index in [0.29, 0.717) is 4.47 Å². The van der Waals surface area contributed by atoms with Crippen molar-refractivity contribution < 1.29 is 42.5 Å². The fourth-order valence-corrected chi connectivity index (χ4v) is 2.87. The summed E-state index contributed by atoms with van der Waals surface area (Å²) in [6.07, 6.45) is 2.56. The highest BCUT2D eigenvalue weighted by atomic mass is 79.9. The van der Waals surface area contributed by atoms with Gasteiger partial charge in [-0.25, -0.2) is 23.2 Å². The van der Waals surface area contributed by atoms with Crippen LogP contribution in [0.25, 0.3) is 0 Å². The summed E-state index contributed by atoms with van der Waals surface area (Å²) in [5.74, 6) is -4.01. The van der Waals surface area contributed by atoms with Gasteiger partial charge in [-0.15, -0.1) is 0 Å². The van der Waals surface area contributed by atoms with Crippen molar-refractivity contribution in [2.45, 2.75) is 73.0 Å². The SMILES string of the molecule is C.C1CCOC1.CC(C)(C)OC(=O)c1ccc(Br)c(F)c1.CC(C)(C)OC(=O)c1ccc(C(=O)O)c(F)c1. The molecule has 2 aromatic rings. The number of rotatable bonds is 3. The monoisotopic (exact) mass is 602 g/mol. The highest BCUT2D eigenvalue weighted by molar-refractivity contribution is 9.10. The number of ether oxygens (including phenoxy) is 3. The molecule has 1 saturated heterocycles. The maximum Gasteiger partial charge on any atom is 0.338 e. The van der Waals surface area contributed by atoms with E-state index >= 15 is 0 Å². The van der Waals surface area contributed by atoms with Gasteiger partial charge in [-0.2, -0.15) is 0 Å². The lowest BCUT2D eigenvalue weighted by Gasteiger charge is -2.19. The Labute approximate surface area is 231 Å². The van der Waals surface area contributed by atoms with Crippen molar-refractivity contribution in [3.63, 3.8) is 0 Å². The van der Waals surface area contributed by atoms with Gasteiger partial charge in [0.25, 0.3) is 0 Å². The standard InChI is InChI=1S/C12H13FO4.C11H12BrFO2.C4H8O.CH4/c1-12(2,3)17-11(16)7-4-5-8(10(14)15)9(13)6-7;1-11(2,3)15-10(14)7-4-5-8(12)9(13)6-7;1-2-4-5-3-1;/h4-6H,1-3H3,(H,14,15);4-6H,1-3H3;1-4H2;1H4. The van der Waals surface area contributed by atoms with E-state index in [1.807, 2.05) is 0 Å². The molecule has 3 rings (SSSR count). The van der Waals surface area contributed by atoms with E-state index in [4.69, 9.17) is 19.3 Å². The largest absolute Gasteiger partial charge is 0.478 e. The van der Waals surface area contributed by atoms with E-state index < -0.39 is 46.3 Å². The third-order valence-electron chi connectivity index (χ3n) is 4.22. The third kappa shape index (κ3) is 13.6. The number of benzene rings is 2. The predicted molar refractivity (Wildman–Crippen MR) is 145 cm³/mol. The molecule has 1 aliphatic heterocycles. The van der Waals surface area contributed by atoms with Gasteiger partial charge in [0.2, 0.25) is 0 Å². The first kappa shape index (κ1) is 35.2. The van der Waals surface area contributed by atoms with E-state index in [2.05, 4.69) is 15.9 Å². The Balaban J connectivity index is 0.000000597. The molecular formula is C28H37BrF2O7. The summed E-state index contributed by atoms with van der Waals surface area (Å²) in [7, 11) is 0. The molecule has 1 N–H and O–H groups in total. The van der Waals surface area contributed by atoms with Gasteiger partial charge >= 0.3 is 17.9 Å². The molecule has 0 amide bonds. The smallest absolute Gasteiger partial charge is 0.338 e. The van der Waals surface area contributed by atoms with Crippen LogP contribution in [0.3, 0.4) is 0 Å². The molecule has 1 fully saturated rings. The first-order valence-corrected chi connectivity index (χ1v) is 12.3. The van der Waals surface area contributed by atoms with Crippen molar-refractivity contribution in [1.82, 2.24) is 0 Å². The summed E-state index contributed by atoms with van der Waals surface area (Å²) < 4.78 is 41.8. The molecule has 1 heterocycles. The Morgan fingerprint density at radius 1 is 0.816 bits per heavy atom. The van der Waals surface area contributed by atoms with Crippen molar-refractivity contribution in [2.24, 2.45) is 0 Å². The van der Waals surface area contributed by atoms with Crippen LogP contribution in [0.5, 0.6) is 0 Å². The Morgan fingerprint density at radius 3 is 1.55 bits per heavy atom. The number of carbonyl (C=O) groups is 3. The molecular weight excluding hydrogens is 566 g/mol. The van der Waals surface area contributed by atoms with Gasteiger partial charge < -0.3 is 19.3 Å². The normalized spacial score (nSPS) is 12.6. The van der Waals surface area contributed by atoms with Gasteiger partial charge in [0, 0.05) is 13.2 Å². The summed E-state index contributed by atoms with van der Waals surface area (Å²) in [5, 5.41) is 8.63. The predicted octanol–water partition coefficient (Wildman–Crippen LogP) is 7.46. The maximum atomic E-state index is 13.3. The minimum Gasteiger partial charge on any atom is -0.478 e. The average molecular weight is 603 g/mol. The minimum atomic E-state index is -1.38. The molecule has 0 radical (unpaired) electrons. The number of carboxylic acids is 1. The fraction of sp³-hybridized carbons (Fsp3) is 0.464. The molecule has 0 aromatic heterocycles. The molecule has 0 spiro atoms. The van der Waals surface area contributed by atoms with E-state index in [9.17, 15) is 23.2 Å². The number of hydrogen-bond donors (Lipinski definition) is 1. The summed E-state index contributed by atoms with van der Waals surface area (Å²) in [6.45, 7) is 12.4. The molecule has 0 atom stereocenters. The van der Waals surface area contributed by atoms with Gasteiger partial charge in [-0.1, -0.05) is 7.43 Å². The number of esters is 2. The Hall–Kier alpha value is -2.85. The van der Waals surface area contributed by atoms with Gasteiger partial charge in [0.15, 0.2) is 0 Å². The Kier molecular flexibility index (Phi) is 14.4. The van der Waals surface area contributed by atoms with Crippen molar-refractivity contribution in [3.05, 3.63) is 69.2 Å². The quantitative estimate of drug-likeness (QED) is 0.364. The van der Waals surface area contributed by atoms with Crippen LogP contribution in [-0.2, 0) is 14.2 Å². The lowest BCUT2D eigenvalue weighted by molar-refractivity contribution is 0.00565. The van der Waals surface area contributed by atoms with Crippen LogP contribution in [-0.4, -0.2) is 47.4 Å². The molecule has 0 saturated carbocycles. The van der Waals surface area contributed by atoms with E-state index in [1.54, 1.807) is 41.5 Å². The van der Waals surface area contributed by atoms with Crippen LogP contribution < -0.4 is 0 Å². The molecule has 7 nitrogen and oxygen atoms in total. The minimum absolute atomic E-state index is 0. The summed E-state index contributed by atoms with van der Waals surface area (Å²) in [6, 6.07) is 7.27. The molecule has 0 bridgehead atoms. The number of carbonyl (C=O) groups excluding carboxylic acids is 2. The Morgan fingerprint density at radius 2 is 1.24 bits per heavy atom. The molecule has 0 aliphatic carbocycles. The van der Waals surface area contributed by atoms with Gasteiger partial charge in [0.05, 0.1) is 21.2 Å². The van der Waals surface area contributed by atoms with Gasteiger partial charge in [0.1, 0.15) is 22.8 Å². The second-order valence-electron chi connectivity index (χ2n) is 9.95. The van der Waals surface area contributed by atoms with Crippen LogP contribution >= 0.6 is 15.9 Å². The van der Waals surface area contributed by atoms with Gasteiger partial charge in [-0.05, 0) is 107 Å². The first-order chi connectivity index (χ1) is 17.0. The molecule has 212 valence electrons. The number of hydrogen-bond acceptors (Lipinski definition) is 6. The summed E-state index contributed by atoms with van der Waals surface area (Å²) in [5.41, 5.74) is -1.52. The third-order valence-corrected chi connectivity index (χ3v) is 4.86. The molecule has 2 aromatic carbocycles. The summed E-state index contributed by atoms with van der Waals surface area (Å²) in [4.78, 5) is 33.7. The van der Waals surface area contributed by atoms with Crippen LogP contribution in [0.1, 0.15) is 92.9 Å². The zero-order valence-corrected chi connectivity index (χ0v) is 23.4. The van der Waals surface area contributed by atoms with Crippen LogP contribution in [0.2, 0.25) is 0 Å². The van der Waals surface area contributed by atoms with E-state index in [0.717, 1.165) is 31.4 Å². The first-order valence-electron chi connectivity index (χ1n) is 11.5. The van der Waals surface area contributed by atoms with Crippen LogP contribution in [0.15, 0.2) is 40.9 Å². The molecule has 0 unspecified atom stereocenters. The average Bonchev–Trinajstić information content (AvgIpc) is 3.33.